The minimum absolute atomic E-state index is 0.171. The first-order valence-electron chi connectivity index (χ1n) is 9.37. The molecule has 1 amide bonds. The van der Waals surface area contributed by atoms with Gasteiger partial charge in [0.1, 0.15) is 0 Å². The fourth-order valence-corrected chi connectivity index (χ4v) is 3.38. The van der Waals surface area contributed by atoms with Gasteiger partial charge in [0, 0.05) is 36.8 Å². The molecule has 8 heteroatoms. The van der Waals surface area contributed by atoms with Crippen LogP contribution in [0.5, 0.6) is 0 Å². The molecule has 0 aliphatic rings. The lowest BCUT2D eigenvalue weighted by Gasteiger charge is -2.11. The van der Waals surface area contributed by atoms with Gasteiger partial charge in [-0.15, -0.1) is 0 Å². The third-order valence-corrected chi connectivity index (χ3v) is 4.95. The molecule has 8 nitrogen and oxygen atoms in total. The molecule has 4 aromatic rings. The number of hydrogen-bond donors (Lipinski definition) is 1. The zero-order valence-electron chi connectivity index (χ0n) is 16.6. The Balaban J connectivity index is 1.73. The van der Waals surface area contributed by atoms with E-state index in [1.165, 1.54) is 21.7 Å². The van der Waals surface area contributed by atoms with Crippen LogP contribution in [-0.4, -0.2) is 33.7 Å². The van der Waals surface area contributed by atoms with Crippen molar-refractivity contribution < 1.29 is 9.53 Å². The second-order valence-electron chi connectivity index (χ2n) is 6.93. The quantitative estimate of drug-likeness (QED) is 0.550. The number of fused-ring (bicyclic) bond motifs is 2. The highest BCUT2D eigenvalue weighted by Crippen LogP contribution is 2.19. The summed E-state index contributed by atoms with van der Waals surface area (Å²) in [7, 11) is 3.17. The highest BCUT2D eigenvalue weighted by Gasteiger charge is 2.14. The van der Waals surface area contributed by atoms with E-state index in [4.69, 9.17) is 4.74 Å². The average molecular weight is 404 g/mol. The smallest absolute Gasteiger partial charge is 0.261 e. The number of rotatable bonds is 5. The van der Waals surface area contributed by atoms with Crippen molar-refractivity contribution in [1.29, 1.82) is 0 Å². The molecule has 0 atom stereocenters. The number of aryl methyl sites for hydroxylation is 1. The van der Waals surface area contributed by atoms with Gasteiger partial charge < -0.3 is 14.6 Å². The molecule has 2 aromatic carbocycles. The van der Waals surface area contributed by atoms with Gasteiger partial charge >= 0.3 is 0 Å². The maximum absolute atomic E-state index is 13.0. The van der Waals surface area contributed by atoms with Crippen LogP contribution in [0.25, 0.3) is 21.7 Å². The lowest BCUT2D eigenvalue weighted by molar-refractivity contribution is 0.102. The van der Waals surface area contributed by atoms with Crippen molar-refractivity contribution in [3.63, 3.8) is 0 Å². The van der Waals surface area contributed by atoms with E-state index in [-0.39, 0.29) is 17.0 Å². The number of amides is 1. The number of aromatic nitrogens is 3. The average Bonchev–Trinajstić information content (AvgIpc) is 2.76. The third kappa shape index (κ3) is 3.48. The van der Waals surface area contributed by atoms with E-state index in [9.17, 15) is 14.4 Å². The lowest BCUT2D eigenvalue weighted by Crippen LogP contribution is -2.23. The zero-order chi connectivity index (χ0) is 21.3. The van der Waals surface area contributed by atoms with Crippen LogP contribution < -0.4 is 16.4 Å². The standard InChI is InChI=1S/C22H20N4O4/c1-25-12-18(15-5-3-4-6-16(15)21(25)28)20(27)24-14-7-8-19-17(11-14)22(29)26(13-23-19)9-10-30-2/h3-8,11-13H,9-10H2,1-2H3,(H,24,27). The largest absolute Gasteiger partial charge is 0.383 e. The fraction of sp³-hybridized carbons (Fsp3) is 0.182. The van der Waals surface area contributed by atoms with Crippen LogP contribution in [0.1, 0.15) is 10.4 Å². The normalized spacial score (nSPS) is 11.1. The van der Waals surface area contributed by atoms with Crippen LogP contribution in [0.3, 0.4) is 0 Å². The molecule has 0 fully saturated rings. The summed E-state index contributed by atoms with van der Waals surface area (Å²) in [4.78, 5) is 42.3. The summed E-state index contributed by atoms with van der Waals surface area (Å²) in [5.74, 6) is -0.371. The number of benzene rings is 2. The zero-order valence-corrected chi connectivity index (χ0v) is 16.6. The number of carbonyl (C=O) groups is 1. The van der Waals surface area contributed by atoms with Crippen molar-refractivity contribution in [1.82, 2.24) is 14.1 Å². The molecule has 0 unspecified atom stereocenters. The second-order valence-corrected chi connectivity index (χ2v) is 6.93. The van der Waals surface area contributed by atoms with Gasteiger partial charge in [0.25, 0.3) is 17.0 Å². The first-order valence-corrected chi connectivity index (χ1v) is 9.37. The molecule has 4 rings (SSSR count). The molecule has 2 heterocycles. The van der Waals surface area contributed by atoms with E-state index in [0.29, 0.717) is 46.1 Å². The summed E-state index contributed by atoms with van der Waals surface area (Å²) in [5.41, 5.74) is 1.00. The highest BCUT2D eigenvalue weighted by molar-refractivity contribution is 6.12. The monoisotopic (exact) mass is 404 g/mol. The Morgan fingerprint density at radius 3 is 2.60 bits per heavy atom. The molecule has 0 aliphatic heterocycles. The third-order valence-electron chi connectivity index (χ3n) is 4.95. The minimum atomic E-state index is -0.371. The maximum Gasteiger partial charge on any atom is 0.261 e. The van der Waals surface area contributed by atoms with Crippen LogP contribution in [0.4, 0.5) is 5.69 Å². The Labute approximate surface area is 171 Å². The lowest BCUT2D eigenvalue weighted by atomic mass is 10.1. The topological polar surface area (TPSA) is 95.2 Å². The van der Waals surface area contributed by atoms with Gasteiger partial charge in [-0.05, 0) is 24.3 Å². The summed E-state index contributed by atoms with van der Waals surface area (Å²) in [6, 6.07) is 12.0. The first kappa shape index (κ1) is 19.5. The van der Waals surface area contributed by atoms with Gasteiger partial charge in [-0.2, -0.15) is 0 Å². The van der Waals surface area contributed by atoms with Crippen molar-refractivity contribution in [3.8, 4) is 0 Å². The highest BCUT2D eigenvalue weighted by atomic mass is 16.5. The van der Waals surface area contributed by atoms with Crippen LogP contribution >= 0.6 is 0 Å². The van der Waals surface area contributed by atoms with Gasteiger partial charge in [0.2, 0.25) is 0 Å². The molecule has 0 aliphatic carbocycles. The molecule has 2 aromatic heterocycles. The van der Waals surface area contributed by atoms with Crippen molar-refractivity contribution in [2.75, 3.05) is 19.0 Å². The number of carbonyl (C=O) groups excluding carboxylic acids is 1. The summed E-state index contributed by atoms with van der Waals surface area (Å²) >= 11 is 0. The summed E-state index contributed by atoms with van der Waals surface area (Å²) in [6.07, 6.45) is 3.00. The van der Waals surface area contributed by atoms with Crippen LogP contribution in [0.15, 0.2) is 64.6 Å². The Hall–Kier alpha value is -3.78. The van der Waals surface area contributed by atoms with Crippen molar-refractivity contribution >= 4 is 33.3 Å². The van der Waals surface area contributed by atoms with Gasteiger partial charge in [0.05, 0.1) is 35.9 Å². The van der Waals surface area contributed by atoms with E-state index in [2.05, 4.69) is 10.3 Å². The maximum atomic E-state index is 13.0. The predicted molar refractivity (Wildman–Crippen MR) is 115 cm³/mol. The van der Waals surface area contributed by atoms with Crippen molar-refractivity contribution in [2.45, 2.75) is 6.54 Å². The molecule has 30 heavy (non-hydrogen) atoms. The molecule has 0 radical (unpaired) electrons. The van der Waals surface area contributed by atoms with Crippen LogP contribution in [0.2, 0.25) is 0 Å². The number of pyridine rings is 1. The van der Waals surface area contributed by atoms with Crippen molar-refractivity contribution in [2.24, 2.45) is 7.05 Å². The van der Waals surface area contributed by atoms with Gasteiger partial charge in [0.15, 0.2) is 0 Å². The number of hydrogen-bond acceptors (Lipinski definition) is 5. The number of nitrogens with one attached hydrogen (secondary N) is 1. The van der Waals surface area contributed by atoms with E-state index >= 15 is 0 Å². The van der Waals surface area contributed by atoms with Crippen LogP contribution in [-0.2, 0) is 18.3 Å². The number of ether oxygens (including phenoxy) is 1. The van der Waals surface area contributed by atoms with Crippen LogP contribution in [0, 0.1) is 0 Å². The van der Waals surface area contributed by atoms with E-state index in [1.54, 1.807) is 56.6 Å². The second kappa shape index (κ2) is 7.92. The Morgan fingerprint density at radius 2 is 1.83 bits per heavy atom. The van der Waals surface area contributed by atoms with E-state index in [0.717, 1.165) is 0 Å². The molecular formula is C22H20N4O4. The Kier molecular flexibility index (Phi) is 5.16. The van der Waals surface area contributed by atoms with Gasteiger partial charge in [-0.1, -0.05) is 18.2 Å². The first-order chi connectivity index (χ1) is 14.5. The SMILES string of the molecule is COCCn1cnc2ccc(NC(=O)c3cn(C)c(=O)c4ccccc34)cc2c1=O. The predicted octanol–water partition coefficient (Wildman–Crippen LogP) is 2.15. The number of methoxy groups -OCH3 is 1. The fourth-order valence-electron chi connectivity index (χ4n) is 3.38. The van der Waals surface area contributed by atoms with Crippen molar-refractivity contribution in [3.05, 3.63) is 81.3 Å². The van der Waals surface area contributed by atoms with Gasteiger partial charge in [-0.3, -0.25) is 19.0 Å². The number of anilines is 1. The van der Waals surface area contributed by atoms with E-state index < -0.39 is 0 Å². The molecule has 0 saturated heterocycles. The molecule has 0 spiro atoms. The molecule has 1 N–H and O–H groups in total. The molecule has 0 bridgehead atoms. The Morgan fingerprint density at radius 1 is 1.07 bits per heavy atom. The Bertz CT molecular complexity index is 1390. The summed E-state index contributed by atoms with van der Waals surface area (Å²) < 4.78 is 7.88. The summed E-state index contributed by atoms with van der Waals surface area (Å²) in [5, 5.41) is 4.26. The molecule has 152 valence electrons. The minimum Gasteiger partial charge on any atom is -0.383 e. The van der Waals surface area contributed by atoms with E-state index in [1.807, 2.05) is 0 Å². The summed E-state index contributed by atoms with van der Waals surface area (Å²) in [6.45, 7) is 0.780. The molecular weight excluding hydrogens is 384 g/mol. The molecule has 0 saturated carbocycles. The number of nitrogens with zero attached hydrogens (tertiary/aromatic N) is 3. The van der Waals surface area contributed by atoms with Gasteiger partial charge in [-0.25, -0.2) is 4.98 Å².